The minimum absolute atomic E-state index is 0.450. The second-order valence-corrected chi connectivity index (χ2v) is 5.62. The van der Waals surface area contributed by atoms with E-state index in [2.05, 4.69) is 4.98 Å². The van der Waals surface area contributed by atoms with E-state index < -0.39 is 17.9 Å². The number of imidazole rings is 1. The van der Waals surface area contributed by atoms with Gasteiger partial charge in [0.15, 0.2) is 10.9 Å². The number of methoxy groups -OCH3 is 2. The molecule has 3 rings (SSSR count). The van der Waals surface area contributed by atoms with Gasteiger partial charge in [0.2, 0.25) is 0 Å². The quantitative estimate of drug-likeness (QED) is 0.543. The van der Waals surface area contributed by atoms with Crippen molar-refractivity contribution >= 4 is 28.2 Å². The normalized spacial score (nSPS) is 10.9. The summed E-state index contributed by atoms with van der Waals surface area (Å²) in [5.74, 6) is -2.55. The molecule has 2 heterocycles. The molecule has 0 saturated heterocycles. The summed E-state index contributed by atoms with van der Waals surface area (Å²) in [6, 6.07) is 9.39. The molecule has 118 valence electrons. The topological polar surface area (TPSA) is 69.9 Å². The minimum atomic E-state index is -1.19. The highest BCUT2D eigenvalue weighted by Crippen LogP contribution is 2.33. The lowest BCUT2D eigenvalue weighted by molar-refractivity contribution is -0.154. The first kappa shape index (κ1) is 15.2. The molecule has 0 aliphatic rings. The molecule has 0 amide bonds. The smallest absolute Gasteiger partial charge is 0.326 e. The van der Waals surface area contributed by atoms with E-state index >= 15 is 0 Å². The van der Waals surface area contributed by atoms with Crippen molar-refractivity contribution in [3.05, 3.63) is 47.6 Å². The van der Waals surface area contributed by atoms with E-state index in [0.717, 1.165) is 5.56 Å². The molecule has 1 aromatic carbocycles. The Morgan fingerprint density at radius 3 is 2.39 bits per heavy atom. The van der Waals surface area contributed by atoms with E-state index in [-0.39, 0.29) is 0 Å². The summed E-state index contributed by atoms with van der Waals surface area (Å²) in [7, 11) is 2.48. The van der Waals surface area contributed by atoms with Crippen LogP contribution < -0.4 is 0 Å². The van der Waals surface area contributed by atoms with Crippen molar-refractivity contribution in [2.24, 2.45) is 0 Å². The van der Waals surface area contributed by atoms with Gasteiger partial charge in [0, 0.05) is 17.1 Å². The summed E-state index contributed by atoms with van der Waals surface area (Å²) in [4.78, 5) is 29.7. The fourth-order valence-electron chi connectivity index (χ4n) is 2.44. The van der Waals surface area contributed by atoms with Gasteiger partial charge in [-0.25, -0.2) is 4.98 Å². The number of benzene rings is 1. The second kappa shape index (κ2) is 6.21. The molecule has 0 N–H and O–H groups in total. The van der Waals surface area contributed by atoms with E-state index in [1.165, 1.54) is 25.6 Å². The van der Waals surface area contributed by atoms with Gasteiger partial charge < -0.3 is 9.47 Å². The van der Waals surface area contributed by atoms with Crippen molar-refractivity contribution in [3.8, 4) is 11.3 Å². The lowest BCUT2D eigenvalue weighted by Crippen LogP contribution is -2.26. The second-order valence-electron chi connectivity index (χ2n) is 4.75. The molecule has 2 aromatic heterocycles. The molecule has 23 heavy (non-hydrogen) atoms. The largest absolute Gasteiger partial charge is 0.468 e. The third-order valence-corrected chi connectivity index (χ3v) is 4.25. The van der Waals surface area contributed by atoms with Gasteiger partial charge in [0.05, 0.1) is 25.6 Å². The Balaban J connectivity index is 2.27. The number of carbonyl (C=O) groups is 2. The summed E-state index contributed by atoms with van der Waals surface area (Å²) in [5, 5.41) is 1.84. The fourth-order valence-corrected chi connectivity index (χ4v) is 3.16. The number of nitrogens with zero attached hydrogens (tertiary/aromatic N) is 2. The molecule has 0 radical (unpaired) electrons. The molecule has 7 heteroatoms. The standard InChI is InChI=1S/C16H14N2O4S/c1-21-14(19)11(15(20)22-2)13-12(10-6-4-3-5-7-10)17-16-18(13)8-9-23-16/h3-9,11H,1-2H3. The van der Waals surface area contributed by atoms with Gasteiger partial charge in [0.1, 0.15) is 0 Å². The number of ether oxygens (including phenoxy) is 2. The Hall–Kier alpha value is -2.67. The van der Waals surface area contributed by atoms with Crippen LogP contribution in [0.3, 0.4) is 0 Å². The molecule has 0 bridgehead atoms. The number of thiazole rings is 1. The van der Waals surface area contributed by atoms with Gasteiger partial charge in [-0.2, -0.15) is 0 Å². The first-order chi connectivity index (χ1) is 11.2. The molecule has 0 spiro atoms. The van der Waals surface area contributed by atoms with E-state index in [4.69, 9.17) is 9.47 Å². The molecule has 0 atom stereocenters. The monoisotopic (exact) mass is 330 g/mol. The van der Waals surface area contributed by atoms with Crippen molar-refractivity contribution < 1.29 is 19.1 Å². The molecule has 3 aromatic rings. The van der Waals surface area contributed by atoms with Crippen LogP contribution >= 0.6 is 11.3 Å². The molecule has 0 aliphatic carbocycles. The Morgan fingerprint density at radius 2 is 1.78 bits per heavy atom. The summed E-state index contributed by atoms with van der Waals surface area (Å²) >= 11 is 1.42. The molecular formula is C16H14N2O4S. The van der Waals surface area contributed by atoms with Crippen molar-refractivity contribution in [3.63, 3.8) is 0 Å². The van der Waals surface area contributed by atoms with E-state index in [1.807, 2.05) is 35.7 Å². The number of hydrogen-bond acceptors (Lipinski definition) is 6. The number of hydrogen-bond donors (Lipinski definition) is 0. The summed E-state index contributed by atoms with van der Waals surface area (Å²) in [5.41, 5.74) is 1.83. The van der Waals surface area contributed by atoms with Crippen LogP contribution in [-0.4, -0.2) is 35.5 Å². The van der Waals surface area contributed by atoms with Crippen molar-refractivity contribution in [1.29, 1.82) is 0 Å². The highest BCUT2D eigenvalue weighted by molar-refractivity contribution is 7.15. The number of aromatic nitrogens is 2. The third-order valence-electron chi connectivity index (χ3n) is 3.49. The predicted molar refractivity (Wildman–Crippen MR) is 85.3 cm³/mol. The minimum Gasteiger partial charge on any atom is -0.468 e. The Morgan fingerprint density at radius 1 is 1.13 bits per heavy atom. The van der Waals surface area contributed by atoms with E-state index in [0.29, 0.717) is 16.3 Å². The van der Waals surface area contributed by atoms with Crippen LogP contribution in [0.2, 0.25) is 0 Å². The van der Waals surface area contributed by atoms with E-state index in [1.54, 1.807) is 10.6 Å². The summed E-state index contributed by atoms with van der Waals surface area (Å²) in [6.07, 6.45) is 1.77. The highest BCUT2D eigenvalue weighted by atomic mass is 32.1. The van der Waals surface area contributed by atoms with Crippen LogP contribution in [0.1, 0.15) is 11.6 Å². The lowest BCUT2D eigenvalue weighted by atomic mass is 10.00. The van der Waals surface area contributed by atoms with Crippen molar-refractivity contribution in [1.82, 2.24) is 9.38 Å². The van der Waals surface area contributed by atoms with Gasteiger partial charge >= 0.3 is 11.9 Å². The molecule has 0 fully saturated rings. The van der Waals surface area contributed by atoms with Gasteiger partial charge in [-0.3, -0.25) is 14.0 Å². The SMILES string of the molecule is COC(=O)C(C(=O)OC)c1c(-c2ccccc2)nc2sccn12. The van der Waals surface area contributed by atoms with Crippen LogP contribution in [0.5, 0.6) is 0 Å². The highest BCUT2D eigenvalue weighted by Gasteiger charge is 2.36. The van der Waals surface area contributed by atoms with Gasteiger partial charge in [-0.15, -0.1) is 11.3 Å². The molecular weight excluding hydrogens is 316 g/mol. The van der Waals surface area contributed by atoms with Crippen LogP contribution in [0.25, 0.3) is 16.2 Å². The lowest BCUT2D eigenvalue weighted by Gasteiger charge is -2.13. The van der Waals surface area contributed by atoms with Crippen LogP contribution in [0.15, 0.2) is 41.9 Å². The molecule has 6 nitrogen and oxygen atoms in total. The molecule has 0 saturated carbocycles. The first-order valence-electron chi connectivity index (χ1n) is 6.84. The molecule has 0 unspecified atom stereocenters. The number of esters is 2. The van der Waals surface area contributed by atoms with Crippen LogP contribution in [-0.2, 0) is 19.1 Å². The Bertz CT molecular complexity index is 837. The van der Waals surface area contributed by atoms with E-state index in [9.17, 15) is 9.59 Å². The van der Waals surface area contributed by atoms with Gasteiger partial charge in [-0.1, -0.05) is 30.3 Å². The first-order valence-corrected chi connectivity index (χ1v) is 7.72. The maximum atomic E-state index is 12.2. The van der Waals surface area contributed by atoms with Gasteiger partial charge in [-0.05, 0) is 0 Å². The van der Waals surface area contributed by atoms with Crippen molar-refractivity contribution in [2.75, 3.05) is 14.2 Å². The third kappa shape index (κ3) is 2.59. The zero-order chi connectivity index (χ0) is 16.4. The zero-order valence-corrected chi connectivity index (χ0v) is 13.4. The maximum absolute atomic E-state index is 12.2. The summed E-state index contributed by atoms with van der Waals surface area (Å²) in [6.45, 7) is 0. The number of fused-ring (bicyclic) bond motifs is 1. The average Bonchev–Trinajstić information content (AvgIpc) is 3.17. The van der Waals surface area contributed by atoms with Gasteiger partial charge in [0.25, 0.3) is 0 Å². The van der Waals surface area contributed by atoms with Crippen LogP contribution in [0, 0.1) is 0 Å². The fraction of sp³-hybridized carbons (Fsp3) is 0.188. The average molecular weight is 330 g/mol. The molecule has 0 aliphatic heterocycles. The van der Waals surface area contributed by atoms with Crippen LogP contribution in [0.4, 0.5) is 0 Å². The zero-order valence-electron chi connectivity index (χ0n) is 12.6. The van der Waals surface area contributed by atoms with Crippen molar-refractivity contribution in [2.45, 2.75) is 5.92 Å². The Labute approximate surface area is 136 Å². The number of rotatable bonds is 4. The Kier molecular flexibility index (Phi) is 4.12. The summed E-state index contributed by atoms with van der Waals surface area (Å²) < 4.78 is 11.3. The predicted octanol–water partition coefficient (Wildman–Crippen LogP) is 2.49. The number of carbonyl (C=O) groups excluding carboxylic acids is 2. The maximum Gasteiger partial charge on any atom is 0.326 e.